The van der Waals surface area contributed by atoms with E-state index in [0.29, 0.717) is 18.1 Å². The Morgan fingerprint density at radius 1 is 1.20 bits per heavy atom. The predicted molar refractivity (Wildman–Crippen MR) is 73.5 cm³/mol. The average molecular weight is 279 g/mol. The van der Waals surface area contributed by atoms with Crippen molar-refractivity contribution in [3.8, 4) is 0 Å². The Bertz CT molecular complexity index is 603. The Labute approximate surface area is 115 Å². The number of hydrazine groups is 1. The van der Waals surface area contributed by atoms with Gasteiger partial charge in [0.15, 0.2) is 11.6 Å². The topological polar surface area (TPSA) is 75.9 Å². The summed E-state index contributed by atoms with van der Waals surface area (Å²) in [6.07, 6.45) is 2.79. The Morgan fingerprint density at radius 2 is 1.95 bits per heavy atom. The van der Waals surface area contributed by atoms with Gasteiger partial charge in [-0.1, -0.05) is 19.4 Å². The number of hydrogen-bond acceptors (Lipinski definition) is 5. The van der Waals surface area contributed by atoms with Crippen molar-refractivity contribution in [2.45, 2.75) is 19.8 Å². The molecule has 0 fully saturated rings. The maximum atomic E-state index is 13.7. The summed E-state index contributed by atoms with van der Waals surface area (Å²) in [7, 11) is 0. The molecule has 4 N–H and O–H groups in total. The van der Waals surface area contributed by atoms with Crippen LogP contribution in [-0.4, -0.2) is 9.97 Å². The van der Waals surface area contributed by atoms with Crippen LogP contribution in [0.1, 0.15) is 18.9 Å². The zero-order valence-corrected chi connectivity index (χ0v) is 11.0. The number of nitrogens with one attached hydrogen (secondary N) is 2. The normalized spacial score (nSPS) is 10.4. The van der Waals surface area contributed by atoms with Gasteiger partial charge >= 0.3 is 0 Å². The third-order valence-corrected chi connectivity index (χ3v) is 2.79. The fourth-order valence-electron chi connectivity index (χ4n) is 1.86. The van der Waals surface area contributed by atoms with Crippen LogP contribution in [0.25, 0.3) is 0 Å². The molecule has 1 aromatic heterocycles. The number of anilines is 3. The standard InChI is InChI=1S/C13H15F2N5/c1-2-4-8-12(17-7-18-13(8)20-16)19-10-6-3-5-9(14)11(10)15/h3,5-7H,2,4,16H2,1H3,(H2,17,18,19,20). The molecule has 0 aliphatic rings. The van der Waals surface area contributed by atoms with Crippen molar-refractivity contribution in [1.29, 1.82) is 0 Å². The lowest BCUT2D eigenvalue weighted by Gasteiger charge is -2.14. The molecule has 20 heavy (non-hydrogen) atoms. The van der Waals surface area contributed by atoms with E-state index in [4.69, 9.17) is 5.84 Å². The highest BCUT2D eigenvalue weighted by molar-refractivity contribution is 5.65. The molecular formula is C13H15F2N5. The molecule has 7 heteroatoms. The van der Waals surface area contributed by atoms with E-state index in [0.717, 1.165) is 18.1 Å². The van der Waals surface area contributed by atoms with Crippen molar-refractivity contribution < 1.29 is 8.78 Å². The Hall–Kier alpha value is -2.28. The van der Waals surface area contributed by atoms with Crippen LogP contribution in [0, 0.1) is 11.6 Å². The Morgan fingerprint density at radius 3 is 2.65 bits per heavy atom. The molecule has 0 bridgehead atoms. The molecule has 1 aromatic carbocycles. The highest BCUT2D eigenvalue weighted by Gasteiger charge is 2.13. The number of rotatable bonds is 5. The first-order chi connectivity index (χ1) is 9.67. The number of nitrogen functional groups attached to an aromatic ring is 1. The molecule has 0 unspecified atom stereocenters. The van der Waals surface area contributed by atoms with Crippen LogP contribution in [0.3, 0.4) is 0 Å². The molecule has 5 nitrogen and oxygen atoms in total. The average Bonchev–Trinajstić information content (AvgIpc) is 2.46. The summed E-state index contributed by atoms with van der Waals surface area (Å²) in [6, 6.07) is 3.91. The van der Waals surface area contributed by atoms with Gasteiger partial charge in [-0.25, -0.2) is 24.6 Å². The van der Waals surface area contributed by atoms with E-state index < -0.39 is 11.6 Å². The Balaban J connectivity index is 2.40. The zero-order chi connectivity index (χ0) is 14.5. The minimum atomic E-state index is -0.948. The second-order valence-corrected chi connectivity index (χ2v) is 4.17. The van der Waals surface area contributed by atoms with Crippen LogP contribution < -0.4 is 16.6 Å². The van der Waals surface area contributed by atoms with Crippen molar-refractivity contribution in [3.05, 3.63) is 41.7 Å². The second kappa shape index (κ2) is 6.25. The summed E-state index contributed by atoms with van der Waals surface area (Å²) in [6.45, 7) is 1.99. The van der Waals surface area contributed by atoms with Crippen LogP contribution >= 0.6 is 0 Å². The van der Waals surface area contributed by atoms with Crippen LogP contribution in [-0.2, 0) is 6.42 Å². The maximum absolute atomic E-state index is 13.7. The van der Waals surface area contributed by atoms with Crippen molar-refractivity contribution in [2.24, 2.45) is 5.84 Å². The van der Waals surface area contributed by atoms with Gasteiger partial charge in [-0.05, 0) is 18.6 Å². The van der Waals surface area contributed by atoms with E-state index in [1.165, 1.54) is 18.5 Å². The Kier molecular flexibility index (Phi) is 4.41. The molecule has 2 aromatic rings. The smallest absolute Gasteiger partial charge is 0.182 e. The molecule has 2 rings (SSSR count). The lowest BCUT2D eigenvalue weighted by Crippen LogP contribution is -2.13. The molecule has 1 heterocycles. The van der Waals surface area contributed by atoms with Gasteiger partial charge < -0.3 is 10.7 Å². The van der Waals surface area contributed by atoms with E-state index in [1.54, 1.807) is 0 Å². The van der Waals surface area contributed by atoms with E-state index in [1.807, 2.05) is 6.92 Å². The fourth-order valence-corrected chi connectivity index (χ4v) is 1.86. The molecule has 0 radical (unpaired) electrons. The minimum Gasteiger partial charge on any atom is -0.337 e. The summed E-state index contributed by atoms with van der Waals surface area (Å²) < 4.78 is 26.9. The van der Waals surface area contributed by atoms with E-state index in [2.05, 4.69) is 20.7 Å². The first-order valence-electron chi connectivity index (χ1n) is 6.18. The van der Waals surface area contributed by atoms with Gasteiger partial charge in [-0.3, -0.25) is 0 Å². The quantitative estimate of drug-likeness (QED) is 0.579. The predicted octanol–water partition coefficient (Wildman–Crippen LogP) is 2.74. The molecule has 0 spiro atoms. The van der Waals surface area contributed by atoms with Gasteiger partial charge in [-0.2, -0.15) is 0 Å². The fraction of sp³-hybridized carbons (Fsp3) is 0.231. The van der Waals surface area contributed by atoms with E-state index in [9.17, 15) is 8.78 Å². The molecule has 0 saturated heterocycles. The van der Waals surface area contributed by atoms with Gasteiger partial charge in [0.1, 0.15) is 18.0 Å². The lowest BCUT2D eigenvalue weighted by molar-refractivity contribution is 0.511. The summed E-state index contributed by atoms with van der Waals surface area (Å²) in [5, 5.41) is 2.78. The summed E-state index contributed by atoms with van der Waals surface area (Å²) in [4.78, 5) is 8.07. The summed E-state index contributed by atoms with van der Waals surface area (Å²) in [5.74, 6) is 4.39. The van der Waals surface area contributed by atoms with Crippen LogP contribution in [0.2, 0.25) is 0 Å². The molecule has 0 amide bonds. The van der Waals surface area contributed by atoms with Crippen molar-refractivity contribution in [3.63, 3.8) is 0 Å². The van der Waals surface area contributed by atoms with Crippen molar-refractivity contribution >= 4 is 17.3 Å². The minimum absolute atomic E-state index is 0.0176. The maximum Gasteiger partial charge on any atom is 0.182 e. The highest BCUT2D eigenvalue weighted by Crippen LogP contribution is 2.26. The third-order valence-electron chi connectivity index (χ3n) is 2.79. The van der Waals surface area contributed by atoms with Crippen LogP contribution in [0.4, 0.5) is 26.1 Å². The van der Waals surface area contributed by atoms with Crippen molar-refractivity contribution in [2.75, 3.05) is 10.7 Å². The number of benzene rings is 1. The van der Waals surface area contributed by atoms with Gasteiger partial charge in [0.25, 0.3) is 0 Å². The monoisotopic (exact) mass is 279 g/mol. The van der Waals surface area contributed by atoms with E-state index >= 15 is 0 Å². The first kappa shape index (κ1) is 14.1. The van der Waals surface area contributed by atoms with Crippen LogP contribution in [0.15, 0.2) is 24.5 Å². The molecule has 0 atom stereocenters. The molecular weight excluding hydrogens is 264 g/mol. The number of nitrogens with two attached hydrogens (primary N) is 1. The van der Waals surface area contributed by atoms with Crippen molar-refractivity contribution in [1.82, 2.24) is 9.97 Å². The molecule has 106 valence electrons. The summed E-state index contributed by atoms with van der Waals surface area (Å²) in [5.41, 5.74) is 3.21. The molecule has 0 saturated carbocycles. The molecule has 0 aliphatic heterocycles. The SMILES string of the molecule is CCCc1c(NN)ncnc1Nc1cccc(F)c1F. The van der Waals surface area contributed by atoms with Gasteiger partial charge in [0, 0.05) is 5.56 Å². The van der Waals surface area contributed by atoms with Gasteiger partial charge in [0.2, 0.25) is 0 Å². The third kappa shape index (κ3) is 2.83. The number of nitrogens with zero attached hydrogens (tertiary/aromatic N) is 2. The second-order valence-electron chi connectivity index (χ2n) is 4.17. The van der Waals surface area contributed by atoms with Crippen LogP contribution in [0.5, 0.6) is 0 Å². The highest BCUT2D eigenvalue weighted by atomic mass is 19.2. The van der Waals surface area contributed by atoms with Gasteiger partial charge in [0.05, 0.1) is 5.69 Å². The first-order valence-corrected chi connectivity index (χ1v) is 6.18. The van der Waals surface area contributed by atoms with E-state index in [-0.39, 0.29) is 5.69 Å². The number of hydrogen-bond donors (Lipinski definition) is 3. The van der Waals surface area contributed by atoms with Gasteiger partial charge in [-0.15, -0.1) is 0 Å². The molecule has 0 aliphatic carbocycles. The largest absolute Gasteiger partial charge is 0.337 e. The lowest BCUT2D eigenvalue weighted by atomic mass is 10.1. The number of halogens is 2. The number of aromatic nitrogens is 2. The zero-order valence-electron chi connectivity index (χ0n) is 11.0. The summed E-state index contributed by atoms with van der Waals surface area (Å²) >= 11 is 0.